The van der Waals surface area contributed by atoms with Crippen molar-refractivity contribution < 1.29 is 4.79 Å². The van der Waals surface area contributed by atoms with Gasteiger partial charge in [0, 0.05) is 17.0 Å². The summed E-state index contributed by atoms with van der Waals surface area (Å²) in [5.74, 6) is -0.185. The second-order valence-corrected chi connectivity index (χ2v) is 6.13. The summed E-state index contributed by atoms with van der Waals surface area (Å²) in [5, 5.41) is 12.9. The third kappa shape index (κ3) is 2.56. The summed E-state index contributed by atoms with van der Waals surface area (Å²) in [5.41, 5.74) is 8.86. The van der Waals surface area contributed by atoms with Crippen molar-refractivity contribution >= 4 is 22.2 Å². The zero-order valence-electron chi connectivity index (χ0n) is 11.5. The number of carbonyl (C=O) groups is 1. The highest BCUT2D eigenvalue weighted by Gasteiger charge is 2.23. The third-order valence-corrected chi connectivity index (χ3v) is 4.92. The van der Waals surface area contributed by atoms with Crippen LogP contribution in [0.4, 0.5) is 5.00 Å². The molecule has 0 aliphatic heterocycles. The van der Waals surface area contributed by atoms with Crippen molar-refractivity contribution in [3.05, 3.63) is 51.4 Å². The van der Waals surface area contributed by atoms with Crippen LogP contribution in [0.15, 0.2) is 24.3 Å². The first-order chi connectivity index (χ1) is 10.2. The number of nitrogens with zero attached hydrogens (tertiary/aromatic N) is 1. The highest BCUT2D eigenvalue weighted by molar-refractivity contribution is 7.16. The van der Waals surface area contributed by atoms with Gasteiger partial charge in [-0.1, -0.05) is 12.1 Å². The van der Waals surface area contributed by atoms with Gasteiger partial charge in [-0.2, -0.15) is 5.26 Å². The maximum Gasteiger partial charge on any atom is 0.256 e. The Kier molecular flexibility index (Phi) is 3.74. The molecule has 0 bridgehead atoms. The van der Waals surface area contributed by atoms with Gasteiger partial charge in [-0.05, 0) is 42.5 Å². The van der Waals surface area contributed by atoms with Crippen LogP contribution in [0.3, 0.4) is 0 Å². The molecular formula is C16H15N3OS. The number of hydrogen-bond acceptors (Lipinski definition) is 4. The molecule has 1 amide bonds. The van der Waals surface area contributed by atoms with E-state index >= 15 is 0 Å². The second-order valence-electron chi connectivity index (χ2n) is 5.03. The maximum atomic E-state index is 12.3. The van der Waals surface area contributed by atoms with E-state index in [1.54, 1.807) is 12.1 Å². The number of benzene rings is 1. The molecule has 0 radical (unpaired) electrons. The first-order valence-corrected chi connectivity index (χ1v) is 7.69. The molecule has 0 fully saturated rings. The van der Waals surface area contributed by atoms with Crippen molar-refractivity contribution in [2.45, 2.75) is 25.8 Å². The largest absolute Gasteiger partial charge is 0.326 e. The number of nitrogens with one attached hydrogen (secondary N) is 1. The Labute approximate surface area is 127 Å². The van der Waals surface area contributed by atoms with Crippen molar-refractivity contribution in [1.82, 2.24) is 0 Å². The fraction of sp³-hybridized carbons (Fsp3) is 0.250. The molecule has 1 heterocycles. The Morgan fingerprint density at radius 3 is 2.76 bits per heavy atom. The van der Waals surface area contributed by atoms with Gasteiger partial charge in [0.1, 0.15) is 11.1 Å². The number of nitriles is 1. The van der Waals surface area contributed by atoms with E-state index in [0.29, 0.717) is 22.7 Å². The molecule has 0 saturated carbocycles. The second kappa shape index (κ2) is 5.68. The van der Waals surface area contributed by atoms with Crippen molar-refractivity contribution in [3.63, 3.8) is 0 Å². The van der Waals surface area contributed by atoms with Crippen molar-refractivity contribution in [2.24, 2.45) is 5.73 Å². The van der Waals surface area contributed by atoms with Crippen LogP contribution in [-0.2, 0) is 19.4 Å². The quantitative estimate of drug-likeness (QED) is 0.914. The lowest BCUT2D eigenvalue weighted by molar-refractivity contribution is 0.102. The summed E-state index contributed by atoms with van der Waals surface area (Å²) >= 11 is 1.53. The molecule has 106 valence electrons. The van der Waals surface area contributed by atoms with Crippen LogP contribution in [0.5, 0.6) is 0 Å². The Morgan fingerprint density at radius 1 is 1.33 bits per heavy atom. The van der Waals surface area contributed by atoms with Gasteiger partial charge in [0.2, 0.25) is 0 Å². The van der Waals surface area contributed by atoms with Crippen LogP contribution < -0.4 is 11.1 Å². The summed E-state index contributed by atoms with van der Waals surface area (Å²) in [4.78, 5) is 13.5. The van der Waals surface area contributed by atoms with Gasteiger partial charge in [0.15, 0.2) is 0 Å². The van der Waals surface area contributed by atoms with Gasteiger partial charge in [-0.15, -0.1) is 11.3 Å². The summed E-state index contributed by atoms with van der Waals surface area (Å²) in [6, 6.07) is 9.42. The number of carbonyl (C=O) groups excluding carboxylic acids is 1. The molecule has 0 unspecified atom stereocenters. The number of hydrogen-bond donors (Lipinski definition) is 2. The van der Waals surface area contributed by atoms with E-state index in [1.807, 2.05) is 12.1 Å². The molecule has 2 aromatic rings. The number of rotatable bonds is 3. The molecule has 1 aliphatic rings. The first kappa shape index (κ1) is 13.8. The number of anilines is 1. The topological polar surface area (TPSA) is 78.9 Å². The molecule has 1 aromatic carbocycles. The van der Waals surface area contributed by atoms with Crippen molar-refractivity contribution in [2.75, 3.05) is 5.32 Å². The normalized spacial score (nSPS) is 12.8. The minimum absolute atomic E-state index is 0.185. The van der Waals surface area contributed by atoms with Crippen LogP contribution in [0.2, 0.25) is 0 Å². The Bertz CT molecular complexity index is 725. The zero-order chi connectivity index (χ0) is 14.8. The summed E-state index contributed by atoms with van der Waals surface area (Å²) < 4.78 is 0. The molecule has 0 saturated heterocycles. The van der Waals surface area contributed by atoms with E-state index in [1.165, 1.54) is 16.2 Å². The van der Waals surface area contributed by atoms with E-state index in [0.717, 1.165) is 30.4 Å². The first-order valence-electron chi connectivity index (χ1n) is 6.88. The highest BCUT2D eigenvalue weighted by atomic mass is 32.1. The van der Waals surface area contributed by atoms with Gasteiger partial charge in [0.05, 0.1) is 5.56 Å². The summed E-state index contributed by atoms with van der Waals surface area (Å²) in [6.07, 6.45) is 3.05. The highest BCUT2D eigenvalue weighted by Crippen LogP contribution is 2.38. The lowest BCUT2D eigenvalue weighted by Gasteiger charge is -2.05. The van der Waals surface area contributed by atoms with Gasteiger partial charge in [0.25, 0.3) is 5.91 Å². The van der Waals surface area contributed by atoms with E-state index in [4.69, 9.17) is 5.73 Å². The van der Waals surface area contributed by atoms with Crippen LogP contribution in [0.1, 0.15) is 38.3 Å². The van der Waals surface area contributed by atoms with E-state index in [-0.39, 0.29) is 5.91 Å². The lowest BCUT2D eigenvalue weighted by atomic mass is 10.1. The number of amides is 1. The van der Waals surface area contributed by atoms with Crippen LogP contribution >= 0.6 is 11.3 Å². The summed E-state index contributed by atoms with van der Waals surface area (Å²) in [6.45, 7) is 0.456. The van der Waals surface area contributed by atoms with Gasteiger partial charge in [-0.25, -0.2) is 0 Å². The van der Waals surface area contributed by atoms with Crippen LogP contribution in [-0.4, -0.2) is 5.91 Å². The SMILES string of the molecule is N#Cc1c(NC(=O)c2ccc(CN)cc2)sc2c1CCC2. The number of aryl methyl sites for hydroxylation is 1. The fourth-order valence-corrected chi connectivity index (χ4v) is 3.81. The molecule has 0 atom stereocenters. The van der Waals surface area contributed by atoms with Crippen LogP contribution in [0, 0.1) is 11.3 Å². The molecule has 5 heteroatoms. The molecule has 0 spiro atoms. The molecule has 21 heavy (non-hydrogen) atoms. The standard InChI is InChI=1S/C16H15N3OS/c17-8-10-4-6-11(7-5-10)15(20)19-16-13(9-18)12-2-1-3-14(12)21-16/h4-7H,1-3,8,17H2,(H,19,20). The average Bonchev–Trinajstić information content (AvgIpc) is 3.07. The fourth-order valence-electron chi connectivity index (χ4n) is 2.58. The zero-order valence-corrected chi connectivity index (χ0v) is 12.3. The predicted molar refractivity (Wildman–Crippen MR) is 83.3 cm³/mol. The minimum atomic E-state index is -0.185. The Balaban J connectivity index is 1.83. The lowest BCUT2D eigenvalue weighted by Crippen LogP contribution is -2.12. The van der Waals surface area contributed by atoms with Gasteiger partial charge >= 0.3 is 0 Å². The molecule has 1 aliphatic carbocycles. The van der Waals surface area contributed by atoms with Gasteiger partial charge in [-0.3, -0.25) is 4.79 Å². The molecule has 3 rings (SSSR count). The minimum Gasteiger partial charge on any atom is -0.326 e. The van der Waals surface area contributed by atoms with E-state index in [9.17, 15) is 10.1 Å². The number of thiophene rings is 1. The van der Waals surface area contributed by atoms with Crippen molar-refractivity contribution in [1.29, 1.82) is 5.26 Å². The molecule has 4 nitrogen and oxygen atoms in total. The predicted octanol–water partition coefficient (Wildman–Crippen LogP) is 2.82. The van der Waals surface area contributed by atoms with Crippen molar-refractivity contribution in [3.8, 4) is 6.07 Å². The molecular weight excluding hydrogens is 282 g/mol. The summed E-state index contributed by atoms with van der Waals surface area (Å²) in [7, 11) is 0. The molecule has 1 aromatic heterocycles. The smallest absolute Gasteiger partial charge is 0.256 e. The third-order valence-electron chi connectivity index (χ3n) is 3.71. The Morgan fingerprint density at radius 2 is 2.10 bits per heavy atom. The monoisotopic (exact) mass is 297 g/mol. The Hall–Kier alpha value is -2.16. The number of fused-ring (bicyclic) bond motifs is 1. The maximum absolute atomic E-state index is 12.3. The van der Waals surface area contributed by atoms with E-state index in [2.05, 4.69) is 11.4 Å². The van der Waals surface area contributed by atoms with Gasteiger partial charge < -0.3 is 11.1 Å². The van der Waals surface area contributed by atoms with Crippen LogP contribution in [0.25, 0.3) is 0 Å². The number of nitrogens with two attached hydrogens (primary N) is 1. The molecule has 3 N–H and O–H groups in total. The average molecular weight is 297 g/mol. The van der Waals surface area contributed by atoms with E-state index < -0.39 is 0 Å².